The lowest BCUT2D eigenvalue weighted by molar-refractivity contribution is -0.223. The summed E-state index contributed by atoms with van der Waals surface area (Å²) < 4.78 is 47.0. The van der Waals surface area contributed by atoms with E-state index < -0.39 is 29.5 Å². The van der Waals surface area contributed by atoms with Crippen molar-refractivity contribution in [3.05, 3.63) is 65.7 Å². The van der Waals surface area contributed by atoms with E-state index in [1.54, 1.807) is 0 Å². The molecule has 0 aliphatic carbocycles. The first kappa shape index (κ1) is 30.4. The molecule has 0 saturated carbocycles. The van der Waals surface area contributed by atoms with Crippen molar-refractivity contribution < 1.29 is 32.6 Å². The fraction of sp³-hybridized carbons (Fsp3) is 0.562. The van der Waals surface area contributed by atoms with Crippen LogP contribution in [-0.2, 0) is 27.5 Å². The lowest BCUT2D eigenvalue weighted by Crippen LogP contribution is -2.65. The Hall–Kier alpha value is -3.11. The third-order valence-corrected chi connectivity index (χ3v) is 9.29. The number of benzene rings is 2. The second-order valence-electron chi connectivity index (χ2n) is 12.7. The highest BCUT2D eigenvalue weighted by Crippen LogP contribution is 2.48. The van der Waals surface area contributed by atoms with Gasteiger partial charge >= 0.3 is 12.1 Å². The molecule has 3 aliphatic rings. The largest absolute Gasteiger partial charge is 0.480 e. The van der Waals surface area contributed by atoms with Gasteiger partial charge in [-0.25, -0.2) is 4.79 Å². The summed E-state index contributed by atoms with van der Waals surface area (Å²) in [5.41, 5.74) is 0.218. The zero-order valence-electron chi connectivity index (χ0n) is 24.3. The summed E-state index contributed by atoms with van der Waals surface area (Å²) >= 11 is 0. The maximum atomic E-state index is 13.6. The number of nitrogens with zero attached hydrogens (tertiary/aromatic N) is 3. The number of piperidine rings is 1. The summed E-state index contributed by atoms with van der Waals surface area (Å²) in [5, 5.41) is 9.68. The van der Waals surface area contributed by atoms with Crippen LogP contribution in [0.4, 0.5) is 18.9 Å². The zero-order chi connectivity index (χ0) is 30.1. The average Bonchev–Trinajstić information content (AvgIpc) is 3.30. The summed E-state index contributed by atoms with van der Waals surface area (Å²) in [6.07, 6.45) is -2.14. The fourth-order valence-corrected chi connectivity index (χ4v) is 6.71. The van der Waals surface area contributed by atoms with Crippen LogP contribution in [0.2, 0.25) is 0 Å². The van der Waals surface area contributed by atoms with Crippen LogP contribution in [0.15, 0.2) is 54.6 Å². The quantitative estimate of drug-likeness (QED) is 0.435. The van der Waals surface area contributed by atoms with Crippen LogP contribution in [0.1, 0.15) is 44.2 Å². The molecule has 5 rings (SSSR count). The number of halogens is 3. The van der Waals surface area contributed by atoms with Gasteiger partial charge in [0.2, 0.25) is 5.91 Å². The molecular formula is C32H40F3N3O4. The van der Waals surface area contributed by atoms with Gasteiger partial charge in [0.1, 0.15) is 11.5 Å². The minimum Gasteiger partial charge on any atom is -0.480 e. The van der Waals surface area contributed by atoms with Crippen LogP contribution in [0, 0.1) is 16.7 Å². The molecule has 3 fully saturated rings. The molecule has 0 radical (unpaired) electrons. The number of hydrogen-bond donors (Lipinski definition) is 1. The Kier molecular flexibility index (Phi) is 8.58. The van der Waals surface area contributed by atoms with Crippen molar-refractivity contribution in [3.63, 3.8) is 0 Å². The van der Waals surface area contributed by atoms with Crippen LogP contribution in [0.25, 0.3) is 0 Å². The standard InChI is InChI=1S/C32H40F3N3O4/c1-30(2,32(33,34)35)29(41)37-21-31(22-37)20-36(16-23-9-4-3-5-10-23)17-25(31)19-42-18-24-11-8-12-26(15-24)38-14-7-6-13-27(38)28(39)40/h3-5,8-12,15,25,27H,6-7,13-14,16-22H2,1-2H3,(H,39,40)/t25-,27+/m0/s1. The van der Waals surface area contributed by atoms with Gasteiger partial charge in [-0.1, -0.05) is 42.5 Å². The zero-order valence-corrected chi connectivity index (χ0v) is 24.3. The first-order valence-corrected chi connectivity index (χ1v) is 14.7. The van der Waals surface area contributed by atoms with Gasteiger partial charge in [0.25, 0.3) is 0 Å². The lowest BCUT2D eigenvalue weighted by Gasteiger charge is -2.53. The Morgan fingerprint density at radius 3 is 2.40 bits per heavy atom. The van der Waals surface area contributed by atoms with Gasteiger partial charge in [-0.15, -0.1) is 0 Å². The van der Waals surface area contributed by atoms with Gasteiger partial charge in [-0.05, 0) is 56.4 Å². The maximum absolute atomic E-state index is 13.6. The Labute approximate surface area is 245 Å². The van der Waals surface area contributed by atoms with E-state index in [9.17, 15) is 27.9 Å². The summed E-state index contributed by atoms with van der Waals surface area (Å²) in [5.74, 6) is -1.63. The van der Waals surface area contributed by atoms with Crippen molar-refractivity contribution in [3.8, 4) is 0 Å². The van der Waals surface area contributed by atoms with Crippen molar-refractivity contribution in [1.82, 2.24) is 9.80 Å². The van der Waals surface area contributed by atoms with E-state index in [4.69, 9.17) is 4.74 Å². The second kappa shape index (κ2) is 11.9. The molecule has 228 valence electrons. The highest BCUT2D eigenvalue weighted by atomic mass is 19.4. The third kappa shape index (κ3) is 6.15. The van der Waals surface area contributed by atoms with Crippen LogP contribution in [0.5, 0.6) is 0 Å². The predicted octanol–water partition coefficient (Wildman–Crippen LogP) is 5.20. The number of carbonyl (C=O) groups is 2. The number of ether oxygens (including phenoxy) is 1. The van der Waals surface area contributed by atoms with Crippen LogP contribution in [0.3, 0.4) is 0 Å². The van der Waals surface area contributed by atoms with Crippen LogP contribution in [-0.4, -0.2) is 78.3 Å². The Morgan fingerprint density at radius 2 is 1.71 bits per heavy atom. The van der Waals surface area contributed by atoms with Gasteiger partial charge in [0.05, 0.1) is 13.2 Å². The summed E-state index contributed by atoms with van der Waals surface area (Å²) in [6.45, 7) is 6.07. The van der Waals surface area contributed by atoms with E-state index in [1.807, 2.05) is 47.4 Å². The van der Waals surface area contributed by atoms with Crippen molar-refractivity contribution in [2.45, 2.75) is 58.5 Å². The molecule has 1 amide bonds. The molecular weight excluding hydrogens is 547 g/mol. The number of aliphatic carboxylic acids is 1. The summed E-state index contributed by atoms with van der Waals surface area (Å²) in [4.78, 5) is 30.3. The molecule has 3 saturated heterocycles. The maximum Gasteiger partial charge on any atom is 0.402 e. The highest BCUT2D eigenvalue weighted by molar-refractivity contribution is 5.83. The summed E-state index contributed by atoms with van der Waals surface area (Å²) in [6, 6.07) is 17.3. The molecule has 3 heterocycles. The highest BCUT2D eigenvalue weighted by Gasteiger charge is 2.61. The molecule has 2 aromatic carbocycles. The average molecular weight is 588 g/mol. The van der Waals surface area contributed by atoms with Gasteiger partial charge < -0.3 is 19.6 Å². The molecule has 2 atom stereocenters. The van der Waals surface area contributed by atoms with E-state index in [0.29, 0.717) is 32.7 Å². The Morgan fingerprint density at radius 1 is 1.00 bits per heavy atom. The Balaban J connectivity index is 1.25. The van der Waals surface area contributed by atoms with Gasteiger partial charge in [0.15, 0.2) is 0 Å². The Bertz CT molecular complexity index is 1260. The fourth-order valence-electron chi connectivity index (χ4n) is 6.71. The van der Waals surface area contributed by atoms with E-state index in [0.717, 1.165) is 56.6 Å². The molecule has 0 bridgehead atoms. The number of carboxylic acid groups (broad SMARTS) is 1. The molecule has 2 aromatic rings. The molecule has 0 unspecified atom stereocenters. The summed E-state index contributed by atoms with van der Waals surface area (Å²) in [7, 11) is 0. The molecule has 1 spiro atoms. The second-order valence-corrected chi connectivity index (χ2v) is 12.7. The van der Waals surface area contributed by atoms with Gasteiger partial charge in [0, 0.05) is 56.3 Å². The third-order valence-electron chi connectivity index (χ3n) is 9.29. The smallest absolute Gasteiger partial charge is 0.402 e. The minimum absolute atomic E-state index is 0.0564. The molecule has 7 nitrogen and oxygen atoms in total. The predicted molar refractivity (Wildman–Crippen MR) is 153 cm³/mol. The van der Waals surface area contributed by atoms with Gasteiger partial charge in [-0.2, -0.15) is 13.2 Å². The van der Waals surface area contributed by atoms with E-state index >= 15 is 0 Å². The van der Waals surface area contributed by atoms with E-state index in [2.05, 4.69) is 17.0 Å². The van der Waals surface area contributed by atoms with Crippen molar-refractivity contribution >= 4 is 17.6 Å². The van der Waals surface area contributed by atoms with Crippen molar-refractivity contribution in [2.75, 3.05) is 44.2 Å². The molecule has 42 heavy (non-hydrogen) atoms. The number of alkyl halides is 3. The normalized spacial score (nSPS) is 22.8. The number of carboxylic acids is 1. The SMILES string of the molecule is CC(C)(C(=O)N1CC2(CN(Cc3ccccc3)C[C@H]2COCc2cccc(N3CCCC[C@@H]3C(=O)O)c2)C1)C(F)(F)F. The topological polar surface area (TPSA) is 73.3 Å². The lowest BCUT2D eigenvalue weighted by atomic mass is 9.70. The monoisotopic (exact) mass is 587 g/mol. The van der Waals surface area contributed by atoms with Crippen LogP contribution < -0.4 is 4.90 Å². The number of anilines is 1. The number of rotatable bonds is 9. The number of carbonyl (C=O) groups excluding carboxylic acids is 1. The molecule has 0 aromatic heterocycles. The minimum atomic E-state index is -4.61. The molecule has 10 heteroatoms. The first-order chi connectivity index (χ1) is 19.9. The number of likely N-dealkylation sites (tertiary alicyclic amines) is 2. The number of hydrogen-bond acceptors (Lipinski definition) is 5. The van der Waals surface area contributed by atoms with Gasteiger partial charge in [-0.3, -0.25) is 9.69 Å². The van der Waals surface area contributed by atoms with Crippen molar-refractivity contribution in [1.29, 1.82) is 0 Å². The first-order valence-electron chi connectivity index (χ1n) is 14.7. The molecule has 1 N–H and O–H groups in total. The molecule has 3 aliphatic heterocycles. The van der Waals surface area contributed by atoms with Crippen molar-refractivity contribution in [2.24, 2.45) is 16.7 Å². The van der Waals surface area contributed by atoms with E-state index in [1.165, 1.54) is 4.90 Å². The van der Waals surface area contributed by atoms with E-state index in [-0.39, 0.29) is 24.4 Å². The van der Waals surface area contributed by atoms with Crippen LogP contribution >= 0.6 is 0 Å². The number of amides is 1.